The van der Waals surface area contributed by atoms with Crippen LogP contribution >= 0.6 is 0 Å². The van der Waals surface area contributed by atoms with Gasteiger partial charge in [-0.3, -0.25) is 10.1 Å². The first-order valence-corrected chi connectivity index (χ1v) is 11.5. The summed E-state index contributed by atoms with van der Waals surface area (Å²) in [6, 6.07) is 2.12. The normalized spacial score (nSPS) is 28.0. The highest BCUT2D eigenvalue weighted by Gasteiger charge is 2.50. The topological polar surface area (TPSA) is 95.0 Å². The highest BCUT2D eigenvalue weighted by atomic mass is 16.5. The van der Waals surface area contributed by atoms with Crippen molar-refractivity contribution in [3.63, 3.8) is 0 Å². The molecule has 2 aliphatic heterocycles. The number of anilines is 2. The van der Waals surface area contributed by atoms with Crippen LogP contribution in [0.1, 0.15) is 50.5 Å². The summed E-state index contributed by atoms with van der Waals surface area (Å²) in [7, 11) is 0. The molecule has 4 rings (SSSR count). The Kier molecular flexibility index (Phi) is 6.56. The molecule has 2 saturated heterocycles. The predicted octanol–water partition coefficient (Wildman–Crippen LogP) is 2.69. The molecule has 1 atom stereocenters. The molecule has 3 heterocycles. The molecule has 1 spiro atoms. The lowest BCUT2D eigenvalue weighted by Gasteiger charge is -2.41. The molecule has 0 aromatic carbocycles. The lowest BCUT2D eigenvalue weighted by atomic mass is 9.78. The van der Waals surface area contributed by atoms with Crippen LogP contribution in [-0.2, 0) is 9.53 Å². The number of rotatable bonds is 4. The van der Waals surface area contributed by atoms with Crippen molar-refractivity contribution in [1.29, 1.82) is 0 Å². The minimum atomic E-state index is -0.610. The number of aliphatic hydroxyl groups excluding tert-OH is 1. The Balaban J connectivity index is 1.43. The zero-order valence-corrected chi connectivity index (χ0v) is 18.7. The second-order valence-electron chi connectivity index (χ2n) is 9.29. The van der Waals surface area contributed by atoms with Crippen LogP contribution in [0, 0.1) is 24.7 Å². The summed E-state index contributed by atoms with van der Waals surface area (Å²) in [5.74, 6) is 3.37. The summed E-state index contributed by atoms with van der Waals surface area (Å²) in [4.78, 5) is 34.2. The third-order valence-electron chi connectivity index (χ3n) is 7.11. The molecule has 8 nitrogen and oxygen atoms in total. The number of terminal acetylenes is 1. The number of aliphatic hydroxyl groups is 1. The lowest BCUT2D eigenvalue weighted by Crippen LogP contribution is -2.50. The fraction of sp³-hybridized carbons (Fsp3) is 0.625. The van der Waals surface area contributed by atoms with Gasteiger partial charge >= 0.3 is 6.09 Å². The van der Waals surface area contributed by atoms with Crippen molar-refractivity contribution in [2.75, 3.05) is 36.5 Å². The minimum absolute atomic E-state index is 0.0846. The number of piperidine rings is 1. The van der Waals surface area contributed by atoms with Gasteiger partial charge in [-0.25, -0.2) is 9.78 Å². The van der Waals surface area contributed by atoms with Crippen molar-refractivity contribution in [1.82, 2.24) is 9.88 Å². The van der Waals surface area contributed by atoms with Crippen LogP contribution in [0.2, 0.25) is 0 Å². The smallest absolute Gasteiger partial charge is 0.412 e. The Morgan fingerprint density at radius 2 is 2.12 bits per heavy atom. The molecular formula is C24H32N4O4. The average Bonchev–Trinajstić information content (AvgIpc) is 3.08. The summed E-state index contributed by atoms with van der Waals surface area (Å²) in [5.41, 5.74) is 1.13. The first kappa shape index (κ1) is 22.4. The molecule has 3 fully saturated rings. The van der Waals surface area contributed by atoms with Crippen molar-refractivity contribution in [2.45, 2.75) is 64.0 Å². The van der Waals surface area contributed by atoms with Crippen molar-refractivity contribution in [3.8, 4) is 12.3 Å². The minimum Gasteiger partial charge on any atom is -0.436 e. The standard InChI is InChI=1S/C24H32N4O4/c1-3-13-32-23(31)26-18-14-17(2)21(25-15-18)27-11-4-9-24(16-27)10-12-28(22(24)30)19-5-7-20(29)8-6-19/h1,14-15,19-20,29H,4-13,16H2,2H3,(H,26,31)/t19-,20+,24-/m0/s1. The fourth-order valence-electron chi connectivity index (χ4n) is 5.49. The van der Waals surface area contributed by atoms with Crippen molar-refractivity contribution in [2.24, 2.45) is 5.41 Å². The molecular weight excluding hydrogens is 408 g/mol. The first-order chi connectivity index (χ1) is 15.4. The Bertz CT molecular complexity index is 906. The van der Waals surface area contributed by atoms with Crippen LogP contribution in [0.25, 0.3) is 0 Å². The van der Waals surface area contributed by atoms with Gasteiger partial charge in [0.1, 0.15) is 5.82 Å². The Morgan fingerprint density at radius 3 is 2.84 bits per heavy atom. The summed E-state index contributed by atoms with van der Waals surface area (Å²) in [5, 5.41) is 12.4. The molecule has 32 heavy (non-hydrogen) atoms. The number of carbonyl (C=O) groups excluding carboxylic acids is 2. The van der Waals surface area contributed by atoms with Crippen LogP contribution in [0.15, 0.2) is 12.3 Å². The monoisotopic (exact) mass is 440 g/mol. The van der Waals surface area contributed by atoms with E-state index < -0.39 is 6.09 Å². The van der Waals surface area contributed by atoms with Gasteiger partial charge in [-0.05, 0) is 63.5 Å². The van der Waals surface area contributed by atoms with E-state index in [9.17, 15) is 14.7 Å². The molecule has 3 aliphatic rings. The largest absolute Gasteiger partial charge is 0.436 e. The molecule has 0 bridgehead atoms. The Labute approximate surface area is 189 Å². The van der Waals surface area contributed by atoms with Crippen molar-refractivity contribution in [3.05, 3.63) is 17.8 Å². The highest BCUT2D eigenvalue weighted by molar-refractivity contribution is 5.86. The van der Waals surface area contributed by atoms with Gasteiger partial charge in [0.2, 0.25) is 5.91 Å². The van der Waals surface area contributed by atoms with Gasteiger partial charge in [0.05, 0.1) is 23.4 Å². The van der Waals surface area contributed by atoms with Gasteiger partial charge in [-0.1, -0.05) is 5.92 Å². The molecule has 1 aromatic heterocycles. The number of carbonyl (C=O) groups is 2. The zero-order chi connectivity index (χ0) is 22.7. The maximum atomic E-state index is 13.5. The molecule has 2 amide bonds. The SMILES string of the molecule is C#CCOC(=O)Nc1cnc(N2CCC[C@]3(CCN([C@H]4CC[C@@H](O)CC4)C3=O)C2)c(C)c1. The zero-order valence-electron chi connectivity index (χ0n) is 18.7. The summed E-state index contributed by atoms with van der Waals surface area (Å²) >= 11 is 0. The van der Waals surface area contributed by atoms with E-state index in [1.807, 2.05) is 13.0 Å². The van der Waals surface area contributed by atoms with E-state index >= 15 is 0 Å². The third-order valence-corrected chi connectivity index (χ3v) is 7.11. The molecule has 0 unspecified atom stereocenters. The van der Waals surface area contributed by atoms with E-state index in [4.69, 9.17) is 11.2 Å². The summed E-state index contributed by atoms with van der Waals surface area (Å²) in [6.45, 7) is 4.21. The molecule has 0 radical (unpaired) electrons. The maximum absolute atomic E-state index is 13.5. The van der Waals surface area contributed by atoms with E-state index in [1.54, 1.807) is 6.20 Å². The molecule has 1 aliphatic carbocycles. The van der Waals surface area contributed by atoms with Gasteiger partial charge in [0.25, 0.3) is 0 Å². The number of nitrogens with zero attached hydrogens (tertiary/aromatic N) is 3. The fourth-order valence-corrected chi connectivity index (χ4v) is 5.49. The van der Waals surface area contributed by atoms with Crippen LogP contribution in [-0.4, -0.2) is 65.4 Å². The second kappa shape index (κ2) is 9.37. The number of aryl methyl sites for hydroxylation is 1. The number of hydrogen-bond donors (Lipinski definition) is 2. The van der Waals surface area contributed by atoms with Gasteiger partial charge < -0.3 is 19.6 Å². The van der Waals surface area contributed by atoms with Gasteiger partial charge in [-0.15, -0.1) is 6.42 Å². The van der Waals surface area contributed by atoms with E-state index in [1.165, 1.54) is 0 Å². The quantitative estimate of drug-likeness (QED) is 0.699. The van der Waals surface area contributed by atoms with Gasteiger partial charge in [-0.2, -0.15) is 0 Å². The first-order valence-electron chi connectivity index (χ1n) is 11.5. The molecule has 8 heteroatoms. The van der Waals surface area contributed by atoms with Crippen LogP contribution in [0.5, 0.6) is 0 Å². The number of likely N-dealkylation sites (tertiary alicyclic amines) is 1. The highest BCUT2D eigenvalue weighted by Crippen LogP contribution is 2.43. The Hall–Kier alpha value is -2.79. The molecule has 1 saturated carbocycles. The number of pyridine rings is 1. The lowest BCUT2D eigenvalue weighted by molar-refractivity contribution is -0.139. The number of nitrogens with one attached hydrogen (secondary N) is 1. The van der Waals surface area contributed by atoms with E-state index in [0.29, 0.717) is 12.2 Å². The number of hydrogen-bond acceptors (Lipinski definition) is 6. The van der Waals surface area contributed by atoms with Crippen molar-refractivity contribution >= 4 is 23.5 Å². The van der Waals surface area contributed by atoms with E-state index in [2.05, 4.69) is 26.0 Å². The average molecular weight is 441 g/mol. The molecule has 172 valence electrons. The predicted molar refractivity (Wildman–Crippen MR) is 121 cm³/mol. The number of aromatic nitrogens is 1. The summed E-state index contributed by atoms with van der Waals surface area (Å²) in [6.07, 6.45) is 12.0. The maximum Gasteiger partial charge on any atom is 0.412 e. The Morgan fingerprint density at radius 1 is 1.34 bits per heavy atom. The van der Waals surface area contributed by atoms with Crippen LogP contribution in [0.3, 0.4) is 0 Å². The third kappa shape index (κ3) is 4.53. The molecule has 2 N–H and O–H groups in total. The van der Waals surface area contributed by atoms with Crippen LogP contribution < -0.4 is 10.2 Å². The van der Waals surface area contributed by atoms with E-state index in [-0.39, 0.29) is 30.1 Å². The molecule has 1 aromatic rings. The van der Waals surface area contributed by atoms with Crippen LogP contribution in [0.4, 0.5) is 16.3 Å². The number of ether oxygens (including phenoxy) is 1. The van der Waals surface area contributed by atoms with Gasteiger partial charge in [0.15, 0.2) is 6.61 Å². The van der Waals surface area contributed by atoms with E-state index in [0.717, 1.165) is 69.4 Å². The summed E-state index contributed by atoms with van der Waals surface area (Å²) < 4.78 is 4.84. The second-order valence-corrected chi connectivity index (χ2v) is 9.29. The van der Waals surface area contributed by atoms with Crippen molar-refractivity contribution < 1.29 is 19.4 Å². The van der Waals surface area contributed by atoms with Gasteiger partial charge in [0, 0.05) is 25.7 Å². The number of amides is 2.